The van der Waals surface area contributed by atoms with Crippen LogP contribution in [0.25, 0.3) is 0 Å². The highest BCUT2D eigenvalue weighted by molar-refractivity contribution is 7.89. The van der Waals surface area contributed by atoms with Crippen molar-refractivity contribution >= 4 is 44.8 Å². The monoisotopic (exact) mass is 420 g/mol. The van der Waals surface area contributed by atoms with E-state index in [1.54, 1.807) is 6.07 Å². The number of ether oxygens (including phenoxy) is 1. The van der Waals surface area contributed by atoms with Gasteiger partial charge in [-0.3, -0.25) is 4.79 Å². The van der Waals surface area contributed by atoms with Crippen LogP contribution in [0.2, 0.25) is 10.0 Å². The Morgan fingerprint density at radius 3 is 2.42 bits per heavy atom. The van der Waals surface area contributed by atoms with Crippen LogP contribution in [0.3, 0.4) is 0 Å². The van der Waals surface area contributed by atoms with Crippen LogP contribution in [0.5, 0.6) is 5.75 Å². The van der Waals surface area contributed by atoms with Crippen LogP contribution in [-0.2, 0) is 14.8 Å². The highest BCUT2D eigenvalue weighted by Crippen LogP contribution is 2.30. The summed E-state index contributed by atoms with van der Waals surface area (Å²) < 4.78 is 44.5. The van der Waals surface area contributed by atoms with Crippen molar-refractivity contribution in [1.29, 1.82) is 0 Å². The molecule has 0 saturated heterocycles. The number of methoxy groups -OCH3 is 1. The smallest absolute Gasteiger partial charge is 0.247 e. The molecule has 140 valence electrons. The van der Waals surface area contributed by atoms with Crippen molar-refractivity contribution in [3.8, 4) is 5.75 Å². The van der Waals surface area contributed by atoms with E-state index < -0.39 is 28.3 Å². The number of anilines is 1. The predicted molar refractivity (Wildman–Crippen MR) is 97.9 cm³/mol. The van der Waals surface area contributed by atoms with Crippen LogP contribution in [0.1, 0.15) is 0 Å². The molecule has 2 aromatic carbocycles. The number of halogens is 3. The number of amides is 1. The fourth-order valence-electron chi connectivity index (χ4n) is 2.10. The third-order valence-corrected chi connectivity index (χ3v) is 5.86. The van der Waals surface area contributed by atoms with E-state index in [1.807, 2.05) is 0 Å². The van der Waals surface area contributed by atoms with E-state index in [-0.39, 0.29) is 26.4 Å². The van der Waals surface area contributed by atoms with Gasteiger partial charge in [-0.2, -0.15) is 4.31 Å². The third-order valence-electron chi connectivity index (χ3n) is 3.41. The molecule has 10 heteroatoms. The molecule has 0 spiro atoms. The normalized spacial score (nSPS) is 11.5. The maximum absolute atomic E-state index is 13.5. The molecule has 0 atom stereocenters. The zero-order chi connectivity index (χ0) is 19.5. The van der Waals surface area contributed by atoms with E-state index in [1.165, 1.54) is 32.4 Å². The Morgan fingerprint density at radius 2 is 1.85 bits per heavy atom. The van der Waals surface area contributed by atoms with E-state index in [0.717, 1.165) is 16.4 Å². The van der Waals surface area contributed by atoms with Crippen molar-refractivity contribution in [2.24, 2.45) is 0 Å². The lowest BCUT2D eigenvalue weighted by Gasteiger charge is -2.19. The number of likely N-dealkylation sites (N-methyl/N-ethyl adjacent to an activating group) is 1. The van der Waals surface area contributed by atoms with Gasteiger partial charge in [0.1, 0.15) is 16.5 Å². The minimum Gasteiger partial charge on any atom is -0.495 e. The number of para-hydroxylation sites is 1. The number of rotatable bonds is 6. The molecule has 0 aliphatic carbocycles. The largest absolute Gasteiger partial charge is 0.495 e. The maximum Gasteiger partial charge on any atom is 0.247 e. The SMILES string of the molecule is COc1ccc(F)cc1S(=O)(=O)N(C)CC(=O)Nc1c(Cl)cccc1Cl. The Hall–Kier alpha value is -1.87. The van der Waals surface area contributed by atoms with Gasteiger partial charge >= 0.3 is 0 Å². The van der Waals surface area contributed by atoms with Gasteiger partial charge < -0.3 is 10.1 Å². The molecule has 2 aromatic rings. The summed E-state index contributed by atoms with van der Waals surface area (Å²) in [5.74, 6) is -1.45. The van der Waals surface area contributed by atoms with Crippen LogP contribution in [0, 0.1) is 5.82 Å². The zero-order valence-electron chi connectivity index (χ0n) is 13.8. The first-order valence-corrected chi connectivity index (χ1v) is 9.40. The molecule has 0 heterocycles. The van der Waals surface area contributed by atoms with Crippen molar-refractivity contribution in [2.75, 3.05) is 26.0 Å². The summed E-state index contributed by atoms with van der Waals surface area (Å²) in [6.07, 6.45) is 0. The number of nitrogens with one attached hydrogen (secondary N) is 1. The Morgan fingerprint density at radius 1 is 1.23 bits per heavy atom. The molecule has 0 aromatic heterocycles. The summed E-state index contributed by atoms with van der Waals surface area (Å²) in [4.78, 5) is 11.8. The van der Waals surface area contributed by atoms with Crippen LogP contribution in [0.15, 0.2) is 41.3 Å². The van der Waals surface area contributed by atoms with Crippen LogP contribution in [-0.4, -0.2) is 39.3 Å². The zero-order valence-corrected chi connectivity index (χ0v) is 16.1. The van der Waals surface area contributed by atoms with Crippen LogP contribution >= 0.6 is 23.2 Å². The van der Waals surface area contributed by atoms with Gasteiger partial charge in [0.15, 0.2) is 0 Å². The number of hydrogen-bond donors (Lipinski definition) is 1. The second kappa shape index (κ2) is 8.22. The highest BCUT2D eigenvalue weighted by Gasteiger charge is 2.27. The predicted octanol–water partition coefficient (Wildman–Crippen LogP) is 3.40. The Kier molecular flexibility index (Phi) is 6.46. The highest BCUT2D eigenvalue weighted by atomic mass is 35.5. The standard InChI is InChI=1S/C16H15Cl2FN2O4S/c1-21(9-15(22)20-16-11(17)4-3-5-12(16)18)26(23,24)14-8-10(19)6-7-13(14)25-2/h3-8H,9H2,1-2H3,(H,20,22). The fraction of sp³-hybridized carbons (Fsp3) is 0.188. The fourth-order valence-corrected chi connectivity index (χ4v) is 3.89. The summed E-state index contributed by atoms with van der Waals surface area (Å²) in [5.41, 5.74) is 0.176. The van der Waals surface area contributed by atoms with Gasteiger partial charge in [-0.15, -0.1) is 0 Å². The number of carbonyl (C=O) groups excluding carboxylic acids is 1. The molecule has 26 heavy (non-hydrogen) atoms. The topological polar surface area (TPSA) is 75.7 Å². The van der Waals surface area contributed by atoms with Gasteiger partial charge in [-0.05, 0) is 30.3 Å². The van der Waals surface area contributed by atoms with E-state index >= 15 is 0 Å². The average Bonchev–Trinajstić information content (AvgIpc) is 2.58. The van der Waals surface area contributed by atoms with Gasteiger partial charge in [-0.25, -0.2) is 12.8 Å². The summed E-state index contributed by atoms with van der Waals surface area (Å²) in [5, 5.41) is 2.88. The van der Waals surface area contributed by atoms with Crippen molar-refractivity contribution in [3.05, 3.63) is 52.3 Å². The van der Waals surface area contributed by atoms with Crippen molar-refractivity contribution in [3.63, 3.8) is 0 Å². The van der Waals surface area contributed by atoms with E-state index in [4.69, 9.17) is 27.9 Å². The summed E-state index contributed by atoms with van der Waals surface area (Å²) in [6.45, 7) is -0.538. The van der Waals surface area contributed by atoms with Crippen molar-refractivity contribution in [1.82, 2.24) is 4.31 Å². The van der Waals surface area contributed by atoms with E-state index in [2.05, 4.69) is 5.32 Å². The molecule has 0 bridgehead atoms. The van der Waals surface area contributed by atoms with Crippen molar-refractivity contribution < 1.29 is 22.3 Å². The van der Waals surface area contributed by atoms with Crippen LogP contribution < -0.4 is 10.1 Å². The van der Waals surface area contributed by atoms with Crippen molar-refractivity contribution in [2.45, 2.75) is 4.90 Å². The Bertz CT molecular complexity index is 918. The molecule has 1 amide bonds. The van der Waals surface area contributed by atoms with E-state index in [0.29, 0.717) is 0 Å². The lowest BCUT2D eigenvalue weighted by molar-refractivity contribution is -0.116. The molecule has 0 aliphatic rings. The maximum atomic E-state index is 13.5. The minimum atomic E-state index is -4.17. The quantitative estimate of drug-likeness (QED) is 0.776. The van der Waals surface area contributed by atoms with Gasteiger partial charge in [-0.1, -0.05) is 29.3 Å². The number of benzene rings is 2. The Labute approximate surface area is 160 Å². The second-order valence-corrected chi connectivity index (χ2v) is 8.03. The molecule has 0 fully saturated rings. The second-order valence-electron chi connectivity index (χ2n) is 5.20. The Balaban J connectivity index is 2.22. The number of sulfonamides is 1. The first-order chi connectivity index (χ1) is 12.2. The number of carbonyl (C=O) groups is 1. The molecular formula is C16H15Cl2FN2O4S. The first kappa shape index (κ1) is 20.4. The lowest BCUT2D eigenvalue weighted by atomic mass is 10.3. The van der Waals surface area contributed by atoms with Gasteiger partial charge in [0, 0.05) is 7.05 Å². The van der Waals surface area contributed by atoms with Gasteiger partial charge in [0.25, 0.3) is 0 Å². The minimum absolute atomic E-state index is 0.0344. The summed E-state index contributed by atoms with van der Waals surface area (Å²) in [6, 6.07) is 7.76. The molecule has 2 rings (SSSR count). The number of hydrogen-bond acceptors (Lipinski definition) is 4. The number of nitrogens with zero attached hydrogens (tertiary/aromatic N) is 1. The molecule has 0 unspecified atom stereocenters. The molecule has 0 aliphatic heterocycles. The molecular weight excluding hydrogens is 406 g/mol. The van der Waals surface area contributed by atoms with E-state index in [9.17, 15) is 17.6 Å². The summed E-state index contributed by atoms with van der Waals surface area (Å²) in [7, 11) is -1.72. The average molecular weight is 421 g/mol. The molecule has 0 radical (unpaired) electrons. The molecule has 1 N–H and O–H groups in total. The third kappa shape index (κ3) is 4.45. The molecule has 0 saturated carbocycles. The first-order valence-electron chi connectivity index (χ1n) is 7.20. The van der Waals surface area contributed by atoms with Crippen LogP contribution in [0.4, 0.5) is 10.1 Å². The van der Waals surface area contributed by atoms with Gasteiger partial charge in [0.2, 0.25) is 15.9 Å². The van der Waals surface area contributed by atoms with Gasteiger partial charge in [0.05, 0.1) is 29.4 Å². The lowest BCUT2D eigenvalue weighted by Crippen LogP contribution is -2.35. The molecule has 6 nitrogen and oxygen atoms in total. The summed E-state index contributed by atoms with van der Waals surface area (Å²) >= 11 is 11.9.